The number of carbonyl (C=O) groups excluding carboxylic acids is 1. The number of aromatic nitrogens is 4. The topological polar surface area (TPSA) is 64.7 Å². The summed E-state index contributed by atoms with van der Waals surface area (Å²) in [5.74, 6) is -0.667. The Hall–Kier alpha value is -2.32. The molecule has 114 valence electrons. The van der Waals surface area contributed by atoms with Gasteiger partial charge in [-0.3, -0.25) is 14.2 Å². The summed E-state index contributed by atoms with van der Waals surface area (Å²) in [5.41, 5.74) is 0.291. The Labute approximate surface area is 118 Å². The fraction of sp³-hybridized carbons (Fsp3) is 0.417. The largest absolute Gasteiger partial charge is 0.433 e. The zero-order chi connectivity index (χ0) is 15.8. The number of hydrogen-bond donors (Lipinski definition) is 1. The fourth-order valence-corrected chi connectivity index (χ4v) is 1.93. The molecule has 2 aromatic heterocycles. The molecular weight excluding hydrogens is 287 g/mol. The van der Waals surface area contributed by atoms with E-state index in [2.05, 4.69) is 15.5 Å². The lowest BCUT2D eigenvalue weighted by atomic mass is 10.3. The van der Waals surface area contributed by atoms with Crippen molar-refractivity contribution < 1.29 is 18.0 Å². The highest BCUT2D eigenvalue weighted by molar-refractivity contribution is 5.92. The molecule has 0 aliphatic heterocycles. The number of nitrogens with one attached hydrogen (secondary N) is 1. The Kier molecular flexibility index (Phi) is 3.75. The number of carbonyl (C=O) groups is 1. The molecule has 1 amide bonds. The summed E-state index contributed by atoms with van der Waals surface area (Å²) in [4.78, 5) is 11.8. The molecule has 0 aliphatic rings. The van der Waals surface area contributed by atoms with Crippen LogP contribution in [0.2, 0.25) is 0 Å². The van der Waals surface area contributed by atoms with Crippen LogP contribution in [-0.4, -0.2) is 25.5 Å². The van der Waals surface area contributed by atoms with Gasteiger partial charge in [0, 0.05) is 20.2 Å². The predicted molar refractivity (Wildman–Crippen MR) is 67.3 cm³/mol. The Morgan fingerprint density at radius 2 is 1.90 bits per heavy atom. The van der Waals surface area contributed by atoms with Crippen molar-refractivity contribution in [2.75, 3.05) is 0 Å². The van der Waals surface area contributed by atoms with Gasteiger partial charge in [0.25, 0.3) is 5.91 Å². The van der Waals surface area contributed by atoms with Crippen molar-refractivity contribution in [1.82, 2.24) is 24.9 Å². The summed E-state index contributed by atoms with van der Waals surface area (Å²) in [6, 6.07) is 2.50. The van der Waals surface area contributed by atoms with E-state index in [1.165, 1.54) is 0 Å². The van der Waals surface area contributed by atoms with Crippen molar-refractivity contribution in [1.29, 1.82) is 0 Å². The van der Waals surface area contributed by atoms with Crippen molar-refractivity contribution in [3.8, 4) is 0 Å². The van der Waals surface area contributed by atoms with Crippen molar-refractivity contribution in [3.63, 3.8) is 0 Å². The van der Waals surface area contributed by atoms with Crippen LogP contribution in [0.3, 0.4) is 0 Å². The van der Waals surface area contributed by atoms with E-state index < -0.39 is 17.8 Å². The standard InChI is InChI=1S/C12H14F3N5O/c1-7-4-8(19(2)17-7)6-16-11(21)9-5-10(12(13,14)15)20(3)18-9/h4-5H,6H2,1-3H3,(H,16,21). The highest BCUT2D eigenvalue weighted by atomic mass is 19.4. The lowest BCUT2D eigenvalue weighted by Crippen LogP contribution is -2.24. The molecule has 0 unspecified atom stereocenters. The second kappa shape index (κ2) is 5.23. The molecule has 1 N–H and O–H groups in total. The Bertz CT molecular complexity index is 671. The lowest BCUT2D eigenvalue weighted by molar-refractivity contribution is -0.143. The first-order chi connectivity index (χ1) is 9.68. The highest BCUT2D eigenvalue weighted by Gasteiger charge is 2.35. The predicted octanol–water partition coefficient (Wildman–Crippen LogP) is 1.41. The molecule has 0 aliphatic carbocycles. The smallest absolute Gasteiger partial charge is 0.345 e. The van der Waals surface area contributed by atoms with Gasteiger partial charge in [-0.15, -0.1) is 0 Å². The normalized spacial score (nSPS) is 11.7. The average molecular weight is 301 g/mol. The van der Waals surface area contributed by atoms with E-state index in [-0.39, 0.29) is 12.2 Å². The maximum Gasteiger partial charge on any atom is 0.433 e. The van der Waals surface area contributed by atoms with Gasteiger partial charge < -0.3 is 5.32 Å². The SMILES string of the molecule is Cc1cc(CNC(=O)c2cc(C(F)(F)F)n(C)n2)n(C)n1. The number of hydrogen-bond acceptors (Lipinski definition) is 3. The molecule has 0 spiro atoms. The minimum Gasteiger partial charge on any atom is -0.345 e. The molecule has 0 atom stereocenters. The first-order valence-electron chi connectivity index (χ1n) is 6.07. The van der Waals surface area contributed by atoms with Gasteiger partial charge in [0.2, 0.25) is 0 Å². The third-order valence-corrected chi connectivity index (χ3v) is 2.93. The van der Waals surface area contributed by atoms with Gasteiger partial charge in [-0.05, 0) is 13.0 Å². The summed E-state index contributed by atoms with van der Waals surface area (Å²) in [7, 11) is 2.86. The van der Waals surface area contributed by atoms with Crippen LogP contribution in [0.15, 0.2) is 12.1 Å². The zero-order valence-corrected chi connectivity index (χ0v) is 11.7. The number of rotatable bonds is 3. The van der Waals surface area contributed by atoms with E-state index in [9.17, 15) is 18.0 Å². The van der Waals surface area contributed by atoms with Gasteiger partial charge in [0.1, 0.15) is 5.69 Å². The molecule has 0 radical (unpaired) electrons. The highest BCUT2D eigenvalue weighted by Crippen LogP contribution is 2.29. The Morgan fingerprint density at radius 1 is 1.24 bits per heavy atom. The molecule has 0 aromatic carbocycles. The van der Waals surface area contributed by atoms with E-state index >= 15 is 0 Å². The van der Waals surface area contributed by atoms with E-state index in [0.717, 1.165) is 24.5 Å². The molecular formula is C12H14F3N5O. The molecule has 0 saturated heterocycles. The summed E-state index contributed by atoms with van der Waals surface area (Å²) in [5, 5.41) is 10.2. The van der Waals surface area contributed by atoms with Crippen LogP contribution in [0.5, 0.6) is 0 Å². The summed E-state index contributed by atoms with van der Waals surface area (Å²) < 4.78 is 40.1. The van der Waals surface area contributed by atoms with Gasteiger partial charge in [-0.25, -0.2) is 0 Å². The fourth-order valence-electron chi connectivity index (χ4n) is 1.93. The average Bonchev–Trinajstić information content (AvgIpc) is 2.89. The van der Waals surface area contributed by atoms with Gasteiger partial charge in [0.15, 0.2) is 5.69 Å². The number of amides is 1. The molecule has 6 nitrogen and oxygen atoms in total. The number of halogens is 3. The van der Waals surface area contributed by atoms with Crippen molar-refractivity contribution in [2.45, 2.75) is 19.6 Å². The van der Waals surface area contributed by atoms with Crippen LogP contribution in [0.25, 0.3) is 0 Å². The molecule has 0 fully saturated rings. The molecule has 21 heavy (non-hydrogen) atoms. The maximum atomic E-state index is 12.6. The van der Waals surface area contributed by atoms with E-state index in [1.54, 1.807) is 24.7 Å². The van der Waals surface area contributed by atoms with Crippen LogP contribution >= 0.6 is 0 Å². The monoisotopic (exact) mass is 301 g/mol. The van der Waals surface area contributed by atoms with Gasteiger partial charge >= 0.3 is 6.18 Å². The minimum atomic E-state index is -4.54. The van der Waals surface area contributed by atoms with E-state index in [1.807, 2.05) is 0 Å². The first-order valence-corrected chi connectivity index (χ1v) is 6.07. The van der Waals surface area contributed by atoms with E-state index in [0.29, 0.717) is 4.68 Å². The Balaban J connectivity index is 2.09. The second-order valence-corrected chi connectivity index (χ2v) is 4.62. The summed E-state index contributed by atoms with van der Waals surface area (Å²) >= 11 is 0. The molecule has 2 aromatic rings. The van der Waals surface area contributed by atoms with Crippen LogP contribution in [0.4, 0.5) is 13.2 Å². The third-order valence-electron chi connectivity index (χ3n) is 2.93. The molecule has 0 saturated carbocycles. The molecule has 0 bridgehead atoms. The van der Waals surface area contributed by atoms with Crippen molar-refractivity contribution in [2.24, 2.45) is 14.1 Å². The van der Waals surface area contributed by atoms with Gasteiger partial charge in [0.05, 0.1) is 17.9 Å². The molecule has 2 heterocycles. The zero-order valence-electron chi connectivity index (χ0n) is 11.7. The van der Waals surface area contributed by atoms with Crippen LogP contribution < -0.4 is 5.32 Å². The summed E-state index contributed by atoms with van der Waals surface area (Å²) in [6.45, 7) is 1.97. The van der Waals surface area contributed by atoms with Crippen LogP contribution in [-0.2, 0) is 26.8 Å². The van der Waals surface area contributed by atoms with Gasteiger partial charge in [-0.1, -0.05) is 0 Å². The van der Waals surface area contributed by atoms with Gasteiger partial charge in [-0.2, -0.15) is 23.4 Å². The number of alkyl halides is 3. The van der Waals surface area contributed by atoms with Crippen molar-refractivity contribution in [3.05, 3.63) is 34.9 Å². The van der Waals surface area contributed by atoms with Crippen LogP contribution in [0, 0.1) is 6.92 Å². The second-order valence-electron chi connectivity index (χ2n) is 4.62. The first kappa shape index (κ1) is 15.1. The summed E-state index contributed by atoms with van der Waals surface area (Å²) in [6.07, 6.45) is -4.54. The third kappa shape index (κ3) is 3.23. The van der Waals surface area contributed by atoms with Crippen LogP contribution in [0.1, 0.15) is 27.6 Å². The maximum absolute atomic E-state index is 12.6. The number of nitrogens with zero attached hydrogens (tertiary/aromatic N) is 4. The lowest BCUT2D eigenvalue weighted by Gasteiger charge is -2.04. The quantitative estimate of drug-likeness (QED) is 0.932. The molecule has 9 heteroatoms. The molecule has 2 rings (SSSR count). The Morgan fingerprint density at radius 3 is 2.38 bits per heavy atom. The van der Waals surface area contributed by atoms with E-state index in [4.69, 9.17) is 0 Å². The van der Waals surface area contributed by atoms with Crippen molar-refractivity contribution >= 4 is 5.91 Å². The number of aryl methyl sites for hydroxylation is 3. The minimum absolute atomic E-state index is 0.161.